The van der Waals surface area contributed by atoms with Crippen molar-refractivity contribution in [3.63, 3.8) is 0 Å². The second kappa shape index (κ2) is 5.51. The molecular weight excluding hydrogens is 288 g/mol. The number of aromatic nitrogens is 3. The van der Waals surface area contributed by atoms with Crippen LogP contribution in [0.25, 0.3) is 10.9 Å². The third-order valence-electron chi connectivity index (χ3n) is 4.75. The van der Waals surface area contributed by atoms with E-state index in [-0.39, 0.29) is 5.60 Å². The smallest absolute Gasteiger partial charge is 0.106 e. The molecule has 120 valence electrons. The van der Waals surface area contributed by atoms with Gasteiger partial charge in [-0.25, -0.2) is 0 Å². The van der Waals surface area contributed by atoms with Crippen LogP contribution in [0.15, 0.2) is 42.9 Å². The fraction of sp³-hybridized carbons (Fsp3) is 0.389. The van der Waals surface area contributed by atoms with E-state index in [1.807, 2.05) is 24.1 Å². The minimum Gasteiger partial charge on any atom is -0.368 e. The lowest BCUT2D eigenvalue weighted by Crippen LogP contribution is -2.47. The molecule has 1 saturated heterocycles. The number of nitrogens with one attached hydrogen (secondary N) is 1. The molecule has 4 rings (SSSR count). The molecular formula is C18H22N4O. The molecule has 1 aliphatic rings. The van der Waals surface area contributed by atoms with Gasteiger partial charge in [0.05, 0.1) is 12.8 Å². The minimum atomic E-state index is -0.293. The molecule has 1 fully saturated rings. The van der Waals surface area contributed by atoms with Crippen LogP contribution in [0.1, 0.15) is 18.1 Å². The Labute approximate surface area is 135 Å². The van der Waals surface area contributed by atoms with Gasteiger partial charge in [-0.3, -0.25) is 9.58 Å². The number of aromatic amines is 1. The van der Waals surface area contributed by atoms with Gasteiger partial charge in [0.25, 0.3) is 0 Å². The second-order valence-electron chi connectivity index (χ2n) is 6.55. The van der Waals surface area contributed by atoms with Crippen molar-refractivity contribution >= 4 is 10.9 Å². The summed E-state index contributed by atoms with van der Waals surface area (Å²) in [6.45, 7) is 5.67. The summed E-state index contributed by atoms with van der Waals surface area (Å²) in [6.07, 6.45) is 5.97. The van der Waals surface area contributed by atoms with E-state index in [1.54, 1.807) is 0 Å². The van der Waals surface area contributed by atoms with Crippen molar-refractivity contribution in [3.05, 3.63) is 54.0 Å². The molecule has 5 heteroatoms. The number of hydrogen-bond donors (Lipinski definition) is 1. The van der Waals surface area contributed by atoms with Crippen molar-refractivity contribution in [1.82, 2.24) is 19.7 Å². The quantitative estimate of drug-likeness (QED) is 0.809. The van der Waals surface area contributed by atoms with E-state index in [0.717, 1.165) is 31.8 Å². The average Bonchev–Trinajstić information content (AvgIpc) is 3.17. The normalized spacial score (nSPS) is 22.7. The topological polar surface area (TPSA) is 46.1 Å². The molecule has 0 spiro atoms. The van der Waals surface area contributed by atoms with E-state index < -0.39 is 0 Å². The van der Waals surface area contributed by atoms with Crippen molar-refractivity contribution in [2.45, 2.75) is 19.1 Å². The number of benzene rings is 1. The Hall–Kier alpha value is -2.11. The summed E-state index contributed by atoms with van der Waals surface area (Å²) in [6, 6.07) is 8.62. The molecule has 0 saturated carbocycles. The second-order valence-corrected chi connectivity index (χ2v) is 6.55. The Bertz CT molecular complexity index is 821. The maximum atomic E-state index is 6.10. The summed E-state index contributed by atoms with van der Waals surface area (Å²) in [5, 5.41) is 5.60. The highest BCUT2D eigenvalue weighted by atomic mass is 16.5. The molecule has 0 radical (unpaired) electrons. The number of ether oxygens (including phenoxy) is 1. The standard InChI is InChI=1S/C18H22N4O/c1-18(15-10-20-21(2)12-15)13-22(8-9-23-18)11-14-4-3-5-17-16(14)6-7-19-17/h3-7,10,12,19H,8-9,11,13H2,1-2H3/t18-/m0/s1. The zero-order valence-corrected chi connectivity index (χ0v) is 13.6. The number of fused-ring (bicyclic) bond motifs is 1. The summed E-state index contributed by atoms with van der Waals surface area (Å²) in [7, 11) is 1.94. The fourth-order valence-corrected chi connectivity index (χ4v) is 3.48. The third kappa shape index (κ3) is 2.66. The van der Waals surface area contributed by atoms with Crippen LogP contribution in [-0.2, 0) is 23.9 Å². The number of H-pyrrole nitrogens is 1. The van der Waals surface area contributed by atoms with Crippen LogP contribution in [-0.4, -0.2) is 39.4 Å². The summed E-state index contributed by atoms with van der Waals surface area (Å²) in [5.41, 5.74) is 3.41. The first-order valence-corrected chi connectivity index (χ1v) is 8.04. The SMILES string of the molecule is Cn1cc([C@]2(C)CN(Cc3cccc4[nH]ccc34)CCO2)cn1. The molecule has 1 N–H and O–H groups in total. The van der Waals surface area contributed by atoms with Crippen LogP contribution < -0.4 is 0 Å². The van der Waals surface area contributed by atoms with E-state index in [4.69, 9.17) is 4.74 Å². The highest BCUT2D eigenvalue weighted by molar-refractivity contribution is 5.82. The van der Waals surface area contributed by atoms with Gasteiger partial charge < -0.3 is 9.72 Å². The Balaban J connectivity index is 1.57. The molecule has 0 aliphatic carbocycles. The molecule has 23 heavy (non-hydrogen) atoms. The molecule has 1 aliphatic heterocycles. The third-order valence-corrected chi connectivity index (χ3v) is 4.75. The van der Waals surface area contributed by atoms with Crippen LogP contribution in [0.2, 0.25) is 0 Å². The first-order valence-electron chi connectivity index (χ1n) is 8.04. The highest BCUT2D eigenvalue weighted by Gasteiger charge is 2.35. The molecule has 1 aromatic carbocycles. The molecule has 3 heterocycles. The maximum absolute atomic E-state index is 6.10. The Morgan fingerprint density at radius 3 is 3.09 bits per heavy atom. The van der Waals surface area contributed by atoms with Crippen molar-refractivity contribution in [1.29, 1.82) is 0 Å². The van der Waals surface area contributed by atoms with E-state index in [9.17, 15) is 0 Å². The van der Waals surface area contributed by atoms with Crippen LogP contribution >= 0.6 is 0 Å². The van der Waals surface area contributed by atoms with Gasteiger partial charge in [-0.05, 0) is 24.6 Å². The summed E-state index contributed by atoms with van der Waals surface area (Å²) in [4.78, 5) is 5.76. The van der Waals surface area contributed by atoms with Gasteiger partial charge in [-0.2, -0.15) is 5.10 Å². The predicted molar refractivity (Wildman–Crippen MR) is 90.1 cm³/mol. The van der Waals surface area contributed by atoms with Crippen LogP contribution in [0.4, 0.5) is 0 Å². The van der Waals surface area contributed by atoms with Crippen molar-refractivity contribution in [3.8, 4) is 0 Å². The van der Waals surface area contributed by atoms with Gasteiger partial charge in [0, 0.05) is 55.5 Å². The molecule has 3 aromatic rings. The predicted octanol–water partition coefficient (Wildman–Crippen LogP) is 2.65. The van der Waals surface area contributed by atoms with E-state index in [2.05, 4.69) is 52.4 Å². The lowest BCUT2D eigenvalue weighted by atomic mass is 9.96. The van der Waals surface area contributed by atoms with E-state index in [1.165, 1.54) is 16.5 Å². The van der Waals surface area contributed by atoms with Crippen LogP contribution in [0.5, 0.6) is 0 Å². The van der Waals surface area contributed by atoms with Crippen molar-refractivity contribution in [2.75, 3.05) is 19.7 Å². The van der Waals surface area contributed by atoms with Gasteiger partial charge in [0.15, 0.2) is 0 Å². The number of hydrogen-bond acceptors (Lipinski definition) is 3. The molecule has 5 nitrogen and oxygen atoms in total. The maximum Gasteiger partial charge on any atom is 0.106 e. The average molecular weight is 310 g/mol. The lowest BCUT2D eigenvalue weighted by Gasteiger charge is -2.40. The molecule has 0 unspecified atom stereocenters. The fourth-order valence-electron chi connectivity index (χ4n) is 3.48. The Morgan fingerprint density at radius 2 is 2.26 bits per heavy atom. The summed E-state index contributed by atoms with van der Waals surface area (Å²) in [5.74, 6) is 0. The van der Waals surface area contributed by atoms with Gasteiger partial charge in [-0.1, -0.05) is 12.1 Å². The molecule has 0 amide bonds. The molecule has 0 bridgehead atoms. The zero-order valence-electron chi connectivity index (χ0n) is 13.6. The van der Waals surface area contributed by atoms with Crippen molar-refractivity contribution in [2.24, 2.45) is 7.05 Å². The Kier molecular flexibility index (Phi) is 3.47. The zero-order chi connectivity index (χ0) is 15.9. The minimum absolute atomic E-state index is 0.293. The first kappa shape index (κ1) is 14.5. The van der Waals surface area contributed by atoms with Gasteiger partial charge in [-0.15, -0.1) is 0 Å². The largest absolute Gasteiger partial charge is 0.368 e. The summed E-state index contributed by atoms with van der Waals surface area (Å²) < 4.78 is 7.94. The van der Waals surface area contributed by atoms with Gasteiger partial charge in [0.2, 0.25) is 0 Å². The summed E-state index contributed by atoms with van der Waals surface area (Å²) >= 11 is 0. The van der Waals surface area contributed by atoms with Gasteiger partial charge >= 0.3 is 0 Å². The van der Waals surface area contributed by atoms with E-state index >= 15 is 0 Å². The number of morpholine rings is 1. The van der Waals surface area contributed by atoms with Crippen LogP contribution in [0, 0.1) is 0 Å². The number of nitrogens with zero attached hydrogens (tertiary/aromatic N) is 3. The van der Waals surface area contributed by atoms with Crippen LogP contribution in [0.3, 0.4) is 0 Å². The molecule has 1 atom stereocenters. The highest BCUT2D eigenvalue weighted by Crippen LogP contribution is 2.30. The first-order chi connectivity index (χ1) is 11.1. The van der Waals surface area contributed by atoms with E-state index in [0.29, 0.717) is 0 Å². The monoisotopic (exact) mass is 310 g/mol. The number of aryl methyl sites for hydroxylation is 1. The van der Waals surface area contributed by atoms with Crippen molar-refractivity contribution < 1.29 is 4.74 Å². The molecule has 2 aromatic heterocycles. The number of rotatable bonds is 3. The Morgan fingerprint density at radius 1 is 1.35 bits per heavy atom. The lowest BCUT2D eigenvalue weighted by molar-refractivity contribution is -0.105. The van der Waals surface area contributed by atoms with Gasteiger partial charge in [0.1, 0.15) is 5.60 Å².